The maximum absolute atomic E-state index is 13.4. The predicted molar refractivity (Wildman–Crippen MR) is 121 cm³/mol. The van der Waals surface area contributed by atoms with Crippen LogP contribution in [0.15, 0.2) is 11.6 Å². The number of nitrogens with zero attached hydrogens (tertiary/aromatic N) is 1. The van der Waals surface area contributed by atoms with E-state index in [1.54, 1.807) is 25.1 Å². The fourth-order valence-corrected chi connectivity index (χ4v) is 3.81. The second-order valence-corrected chi connectivity index (χ2v) is 8.87. The lowest BCUT2D eigenvalue weighted by atomic mass is 9.86. The van der Waals surface area contributed by atoms with E-state index in [4.69, 9.17) is 0 Å². The van der Waals surface area contributed by atoms with Crippen LogP contribution < -0.4 is 10.6 Å². The second kappa shape index (κ2) is 12.7. The van der Waals surface area contributed by atoms with E-state index in [0.29, 0.717) is 12.8 Å². The van der Waals surface area contributed by atoms with Gasteiger partial charge in [0.2, 0.25) is 11.8 Å². The van der Waals surface area contributed by atoms with Crippen LogP contribution in [0.2, 0.25) is 0 Å². The number of aliphatic carboxylic acids is 1. The van der Waals surface area contributed by atoms with Gasteiger partial charge in [-0.2, -0.15) is 0 Å². The number of nitrogens with one attached hydrogen (secondary N) is 2. The highest BCUT2D eigenvalue weighted by atomic mass is 16.4. The van der Waals surface area contributed by atoms with E-state index in [0.717, 1.165) is 12.8 Å². The van der Waals surface area contributed by atoms with Crippen LogP contribution in [0.4, 0.5) is 0 Å². The van der Waals surface area contributed by atoms with E-state index in [2.05, 4.69) is 10.6 Å². The Morgan fingerprint density at radius 1 is 1.03 bits per heavy atom. The maximum atomic E-state index is 13.4. The molecule has 0 saturated heterocycles. The average molecular weight is 426 g/mol. The molecular formula is C23H43N3O4. The third-order valence-corrected chi connectivity index (χ3v) is 5.72. The molecule has 2 atom stereocenters. The molecule has 0 bridgehead atoms. The molecule has 0 fully saturated rings. The highest BCUT2D eigenvalue weighted by Gasteiger charge is 2.39. The molecule has 0 aliphatic heterocycles. The topological polar surface area (TPSA) is 98.7 Å². The standard InChI is InChI=1S/C23H43N3O4/c1-10-12-23(24-8,13-11-2)22(30)25-19(16(5)6)20(27)26(9)18(15(3)4)14-17(7)21(28)29/h14-16,18-19,24H,10-13H2,1-9H3,(H,25,30)(H,28,29)/b17-14+/t18-,19+/m1/s1. The van der Waals surface area contributed by atoms with Gasteiger partial charge >= 0.3 is 5.97 Å². The third kappa shape index (κ3) is 7.42. The molecule has 0 aliphatic carbocycles. The van der Waals surface area contributed by atoms with Gasteiger partial charge in [-0.1, -0.05) is 60.5 Å². The summed E-state index contributed by atoms with van der Waals surface area (Å²) in [5.74, 6) is -1.47. The molecule has 174 valence electrons. The Balaban J connectivity index is 5.82. The minimum Gasteiger partial charge on any atom is -0.478 e. The monoisotopic (exact) mass is 425 g/mol. The van der Waals surface area contributed by atoms with Crippen LogP contribution in [0.5, 0.6) is 0 Å². The number of amides is 2. The van der Waals surface area contributed by atoms with Crippen LogP contribution in [0, 0.1) is 11.8 Å². The van der Waals surface area contributed by atoms with E-state index in [9.17, 15) is 19.5 Å². The summed E-state index contributed by atoms with van der Waals surface area (Å²) in [6, 6.07) is -1.07. The Kier molecular flexibility index (Phi) is 11.9. The van der Waals surface area contributed by atoms with Crippen LogP contribution in [0.1, 0.15) is 74.1 Å². The molecule has 7 nitrogen and oxygen atoms in total. The number of likely N-dealkylation sites (N-methyl/N-ethyl adjacent to an activating group) is 2. The summed E-state index contributed by atoms with van der Waals surface area (Å²) in [5, 5.41) is 15.4. The third-order valence-electron chi connectivity index (χ3n) is 5.72. The van der Waals surface area contributed by atoms with E-state index in [1.807, 2.05) is 41.5 Å². The lowest BCUT2D eigenvalue weighted by Crippen LogP contribution is -2.61. The van der Waals surface area contributed by atoms with Gasteiger partial charge in [-0.3, -0.25) is 9.59 Å². The number of hydrogen-bond acceptors (Lipinski definition) is 4. The molecule has 7 heteroatoms. The summed E-state index contributed by atoms with van der Waals surface area (Å²) < 4.78 is 0. The van der Waals surface area contributed by atoms with E-state index in [1.165, 1.54) is 6.92 Å². The number of rotatable bonds is 13. The Labute approximate surface area is 182 Å². The SMILES string of the molecule is CCCC(CCC)(NC)C(=O)N[C@H](C(=O)N(C)[C@H](/C=C(\C)C(=O)O)C(C)C)C(C)C. The first-order valence-electron chi connectivity index (χ1n) is 11.1. The summed E-state index contributed by atoms with van der Waals surface area (Å²) in [5.41, 5.74) is -0.509. The number of carbonyl (C=O) groups is 3. The molecule has 0 unspecified atom stereocenters. The van der Waals surface area contributed by atoms with Crippen molar-refractivity contribution < 1.29 is 19.5 Å². The van der Waals surface area contributed by atoms with Gasteiger partial charge in [-0.05, 0) is 38.6 Å². The van der Waals surface area contributed by atoms with Crippen molar-refractivity contribution >= 4 is 17.8 Å². The number of carboxylic acids is 1. The molecule has 0 spiro atoms. The average Bonchev–Trinajstić information content (AvgIpc) is 2.67. The van der Waals surface area contributed by atoms with E-state index in [-0.39, 0.29) is 35.3 Å². The smallest absolute Gasteiger partial charge is 0.331 e. The minimum absolute atomic E-state index is 0.0216. The highest BCUT2D eigenvalue weighted by molar-refractivity contribution is 5.92. The van der Waals surface area contributed by atoms with Gasteiger partial charge in [0.05, 0.1) is 11.6 Å². The highest BCUT2D eigenvalue weighted by Crippen LogP contribution is 2.22. The number of hydrogen-bond donors (Lipinski definition) is 3. The Morgan fingerprint density at radius 3 is 1.87 bits per heavy atom. The van der Waals surface area contributed by atoms with Crippen LogP contribution in [0.3, 0.4) is 0 Å². The van der Waals surface area contributed by atoms with Crippen molar-refractivity contribution in [2.24, 2.45) is 11.8 Å². The van der Waals surface area contributed by atoms with Gasteiger partial charge in [0.25, 0.3) is 0 Å². The molecule has 0 aromatic carbocycles. The largest absolute Gasteiger partial charge is 0.478 e. The lowest BCUT2D eigenvalue weighted by Gasteiger charge is -2.37. The molecule has 0 aromatic heterocycles. The van der Waals surface area contributed by atoms with Gasteiger partial charge in [0, 0.05) is 12.6 Å². The normalized spacial score (nSPS) is 14.6. The molecule has 0 aromatic rings. The van der Waals surface area contributed by atoms with E-state index < -0.39 is 17.6 Å². The fraction of sp³-hybridized carbons (Fsp3) is 0.783. The summed E-state index contributed by atoms with van der Waals surface area (Å²) in [6.07, 6.45) is 4.68. The second-order valence-electron chi connectivity index (χ2n) is 8.87. The van der Waals surface area contributed by atoms with Crippen molar-refractivity contribution in [3.63, 3.8) is 0 Å². The molecule has 0 aliphatic rings. The zero-order valence-electron chi connectivity index (χ0n) is 20.3. The molecule has 2 amide bonds. The van der Waals surface area contributed by atoms with Crippen LogP contribution in [-0.4, -0.2) is 59.5 Å². The summed E-state index contributed by atoms with van der Waals surface area (Å²) in [6.45, 7) is 13.3. The molecule has 3 N–H and O–H groups in total. The molecule has 0 rings (SSSR count). The first-order chi connectivity index (χ1) is 13.9. The van der Waals surface area contributed by atoms with Gasteiger partial charge in [0.15, 0.2) is 0 Å². The molecular weight excluding hydrogens is 382 g/mol. The van der Waals surface area contributed by atoms with Gasteiger partial charge in [-0.15, -0.1) is 0 Å². The zero-order valence-corrected chi connectivity index (χ0v) is 20.3. The summed E-state index contributed by atoms with van der Waals surface area (Å²) in [7, 11) is 3.46. The molecule has 30 heavy (non-hydrogen) atoms. The van der Waals surface area contributed by atoms with Crippen LogP contribution in [0.25, 0.3) is 0 Å². The molecule has 0 saturated carbocycles. The van der Waals surface area contributed by atoms with Crippen molar-refractivity contribution in [1.82, 2.24) is 15.5 Å². The summed E-state index contributed by atoms with van der Waals surface area (Å²) in [4.78, 5) is 39.4. The van der Waals surface area contributed by atoms with E-state index >= 15 is 0 Å². The molecule has 0 heterocycles. The molecule has 0 radical (unpaired) electrons. The van der Waals surface area contributed by atoms with Crippen molar-refractivity contribution in [1.29, 1.82) is 0 Å². The Bertz CT molecular complexity index is 608. The Morgan fingerprint density at radius 2 is 1.53 bits per heavy atom. The lowest BCUT2D eigenvalue weighted by molar-refractivity contribution is -0.140. The quantitative estimate of drug-likeness (QED) is 0.394. The van der Waals surface area contributed by atoms with Crippen molar-refractivity contribution in [3.05, 3.63) is 11.6 Å². The van der Waals surface area contributed by atoms with Crippen LogP contribution in [-0.2, 0) is 14.4 Å². The van der Waals surface area contributed by atoms with Crippen molar-refractivity contribution in [2.75, 3.05) is 14.1 Å². The summed E-state index contributed by atoms with van der Waals surface area (Å²) >= 11 is 0. The minimum atomic E-state index is -1.01. The Hall–Kier alpha value is -1.89. The van der Waals surface area contributed by atoms with Gasteiger partial charge in [0.1, 0.15) is 6.04 Å². The zero-order chi connectivity index (χ0) is 23.6. The van der Waals surface area contributed by atoms with Crippen molar-refractivity contribution in [2.45, 2.75) is 91.8 Å². The first-order valence-corrected chi connectivity index (χ1v) is 11.1. The van der Waals surface area contributed by atoms with Gasteiger partial charge < -0.3 is 20.6 Å². The van der Waals surface area contributed by atoms with Crippen LogP contribution >= 0.6 is 0 Å². The fourth-order valence-electron chi connectivity index (χ4n) is 3.81. The first kappa shape index (κ1) is 28.1. The number of carbonyl (C=O) groups excluding carboxylic acids is 2. The number of carboxylic acid groups (broad SMARTS) is 1. The maximum Gasteiger partial charge on any atom is 0.331 e. The van der Waals surface area contributed by atoms with Crippen molar-refractivity contribution in [3.8, 4) is 0 Å². The predicted octanol–water partition coefficient (Wildman–Crippen LogP) is 3.20. The van der Waals surface area contributed by atoms with Gasteiger partial charge in [-0.25, -0.2) is 4.79 Å².